The molecule has 0 aliphatic carbocycles. The van der Waals surface area contributed by atoms with E-state index in [4.69, 9.17) is 0 Å². The molecular formula is C11H12N4O4S. The van der Waals surface area contributed by atoms with E-state index in [1.807, 2.05) is 0 Å². The molecule has 0 bridgehead atoms. The van der Waals surface area contributed by atoms with E-state index in [1.165, 1.54) is 18.2 Å². The van der Waals surface area contributed by atoms with Gasteiger partial charge in [-0.1, -0.05) is 6.07 Å². The highest BCUT2D eigenvalue weighted by Crippen LogP contribution is 2.32. The van der Waals surface area contributed by atoms with Gasteiger partial charge in [-0.3, -0.25) is 20.2 Å². The summed E-state index contributed by atoms with van der Waals surface area (Å²) in [4.78, 5) is 23.1. The van der Waals surface area contributed by atoms with Crippen LogP contribution in [0.2, 0.25) is 0 Å². The van der Waals surface area contributed by atoms with Gasteiger partial charge in [-0.25, -0.2) is 0 Å². The average Bonchev–Trinajstić information content (AvgIpc) is 2.82. The minimum absolute atomic E-state index is 0.0644. The second-order valence-corrected chi connectivity index (χ2v) is 5.18. The van der Waals surface area contributed by atoms with Gasteiger partial charge in [0, 0.05) is 37.2 Å². The highest BCUT2D eigenvalue weighted by Gasteiger charge is 2.27. The smallest absolute Gasteiger partial charge is 0.347 e. The number of thioether (sulfide) groups is 1. The van der Waals surface area contributed by atoms with E-state index in [2.05, 4.69) is 5.32 Å². The summed E-state index contributed by atoms with van der Waals surface area (Å²) in [5.74, 6) is 0.437. The van der Waals surface area contributed by atoms with Gasteiger partial charge in [-0.2, -0.15) is 0 Å². The summed E-state index contributed by atoms with van der Waals surface area (Å²) in [6, 6.07) is 5.79. The largest absolute Gasteiger partial charge is 0.364 e. The topological polar surface area (TPSA) is 102 Å². The molecule has 1 aliphatic rings. The highest BCUT2D eigenvalue weighted by molar-refractivity contribution is 8.02. The first-order valence-electron chi connectivity index (χ1n) is 5.75. The van der Waals surface area contributed by atoms with Crippen LogP contribution in [-0.2, 0) is 0 Å². The Labute approximate surface area is 118 Å². The van der Waals surface area contributed by atoms with Crippen LogP contribution in [0, 0.1) is 20.2 Å². The van der Waals surface area contributed by atoms with Gasteiger partial charge in [0.05, 0.1) is 9.85 Å². The fourth-order valence-electron chi connectivity index (χ4n) is 1.77. The van der Waals surface area contributed by atoms with Crippen molar-refractivity contribution >= 4 is 17.4 Å². The first-order valence-corrected chi connectivity index (χ1v) is 6.56. The van der Waals surface area contributed by atoms with Gasteiger partial charge in [0.25, 0.3) is 5.69 Å². The third kappa shape index (κ3) is 2.99. The number of benzene rings is 1. The van der Waals surface area contributed by atoms with Crippen LogP contribution in [0.3, 0.4) is 0 Å². The van der Waals surface area contributed by atoms with Gasteiger partial charge in [0.2, 0.25) is 0 Å². The van der Waals surface area contributed by atoms with Crippen molar-refractivity contribution in [2.45, 2.75) is 4.90 Å². The number of hydrogen-bond donors (Lipinski definition) is 1. The average molecular weight is 296 g/mol. The lowest BCUT2D eigenvalue weighted by atomic mass is 10.3. The lowest BCUT2D eigenvalue weighted by Crippen LogP contribution is -2.18. The quantitative estimate of drug-likeness (QED) is 0.511. The predicted molar refractivity (Wildman–Crippen MR) is 73.6 cm³/mol. The zero-order valence-electron chi connectivity index (χ0n) is 10.6. The SMILES string of the molecule is CN1CCNC1=C(Sc1cccc([N+](=O)[O-])c1)[N+](=O)[O-]. The minimum atomic E-state index is -0.525. The normalized spacial score (nSPS) is 16.8. The molecule has 1 aliphatic heterocycles. The van der Waals surface area contributed by atoms with Crippen molar-refractivity contribution in [2.24, 2.45) is 0 Å². The fraction of sp³-hybridized carbons (Fsp3) is 0.273. The molecule has 106 valence electrons. The van der Waals surface area contributed by atoms with Crippen molar-refractivity contribution in [2.75, 3.05) is 20.1 Å². The summed E-state index contributed by atoms with van der Waals surface area (Å²) in [6.45, 7) is 1.32. The summed E-state index contributed by atoms with van der Waals surface area (Å²) in [5, 5.41) is 24.8. The van der Waals surface area contributed by atoms with Crippen molar-refractivity contribution in [1.82, 2.24) is 10.2 Å². The molecular weight excluding hydrogens is 284 g/mol. The molecule has 9 heteroatoms. The maximum absolute atomic E-state index is 11.2. The Morgan fingerprint density at radius 1 is 1.40 bits per heavy atom. The molecule has 0 saturated carbocycles. The van der Waals surface area contributed by atoms with E-state index in [1.54, 1.807) is 18.0 Å². The molecule has 0 radical (unpaired) electrons. The molecule has 1 aromatic rings. The van der Waals surface area contributed by atoms with E-state index in [9.17, 15) is 20.2 Å². The Balaban J connectivity index is 2.32. The number of non-ortho nitro benzene ring substituents is 1. The molecule has 0 unspecified atom stereocenters. The van der Waals surface area contributed by atoms with Gasteiger partial charge >= 0.3 is 5.03 Å². The molecule has 1 fully saturated rings. The van der Waals surface area contributed by atoms with Crippen LogP contribution in [0.1, 0.15) is 0 Å². The summed E-state index contributed by atoms with van der Waals surface area (Å²) < 4.78 is 0. The second kappa shape index (κ2) is 5.78. The third-order valence-corrected chi connectivity index (χ3v) is 3.76. The zero-order valence-corrected chi connectivity index (χ0v) is 11.4. The van der Waals surface area contributed by atoms with Gasteiger partial charge in [-0.05, 0) is 17.8 Å². The molecule has 0 atom stereocenters. The third-order valence-electron chi connectivity index (χ3n) is 2.73. The highest BCUT2D eigenvalue weighted by atomic mass is 32.2. The molecule has 20 heavy (non-hydrogen) atoms. The summed E-state index contributed by atoms with van der Waals surface area (Å²) in [6.07, 6.45) is 0. The van der Waals surface area contributed by atoms with Crippen LogP contribution in [0.15, 0.2) is 40.0 Å². The van der Waals surface area contributed by atoms with Crippen LogP contribution >= 0.6 is 11.8 Å². The molecule has 8 nitrogen and oxygen atoms in total. The van der Waals surface area contributed by atoms with Crippen LogP contribution in [0.25, 0.3) is 0 Å². The number of rotatable bonds is 4. The number of hydrogen-bond acceptors (Lipinski definition) is 7. The van der Waals surface area contributed by atoms with Crippen LogP contribution in [0.5, 0.6) is 0 Å². The van der Waals surface area contributed by atoms with Crippen molar-refractivity contribution in [3.63, 3.8) is 0 Å². The Morgan fingerprint density at radius 2 is 2.15 bits per heavy atom. The zero-order chi connectivity index (χ0) is 14.7. The van der Waals surface area contributed by atoms with E-state index in [0.29, 0.717) is 23.8 Å². The van der Waals surface area contributed by atoms with E-state index >= 15 is 0 Å². The fourth-order valence-corrected chi connectivity index (χ4v) is 2.72. The predicted octanol–water partition coefficient (Wildman–Crippen LogP) is 1.63. The van der Waals surface area contributed by atoms with Crippen LogP contribution in [0.4, 0.5) is 5.69 Å². The van der Waals surface area contributed by atoms with Crippen molar-refractivity contribution in [3.05, 3.63) is 55.3 Å². The lowest BCUT2D eigenvalue weighted by molar-refractivity contribution is -0.412. The number of likely N-dealkylation sites (N-methyl/N-ethyl adjacent to an activating group) is 1. The van der Waals surface area contributed by atoms with E-state index < -0.39 is 9.85 Å². The number of nitro groups is 2. The molecule has 0 aromatic heterocycles. The second-order valence-electron chi connectivity index (χ2n) is 4.12. The molecule has 2 rings (SSSR count). The van der Waals surface area contributed by atoms with Crippen molar-refractivity contribution in [1.29, 1.82) is 0 Å². The summed E-state index contributed by atoms with van der Waals surface area (Å²) in [7, 11) is 1.76. The monoisotopic (exact) mass is 296 g/mol. The maximum atomic E-state index is 11.2. The summed E-state index contributed by atoms with van der Waals surface area (Å²) in [5.41, 5.74) is -0.0876. The van der Waals surface area contributed by atoms with Crippen LogP contribution in [-0.4, -0.2) is 34.9 Å². The molecule has 0 amide bonds. The van der Waals surface area contributed by atoms with Crippen molar-refractivity contribution in [3.8, 4) is 0 Å². The number of nitrogens with one attached hydrogen (secondary N) is 1. The lowest BCUT2D eigenvalue weighted by Gasteiger charge is -2.11. The van der Waals surface area contributed by atoms with Crippen molar-refractivity contribution < 1.29 is 9.85 Å². The van der Waals surface area contributed by atoms with E-state index in [0.717, 1.165) is 11.8 Å². The molecule has 1 N–H and O–H groups in total. The molecule has 0 spiro atoms. The Morgan fingerprint density at radius 3 is 2.70 bits per heavy atom. The number of nitro benzene ring substituents is 1. The van der Waals surface area contributed by atoms with Crippen LogP contribution < -0.4 is 5.32 Å². The Hall–Kier alpha value is -2.29. The van der Waals surface area contributed by atoms with Gasteiger partial charge < -0.3 is 10.2 Å². The maximum Gasteiger partial charge on any atom is 0.347 e. The van der Waals surface area contributed by atoms with Gasteiger partial charge in [0.1, 0.15) is 0 Å². The molecule has 1 aromatic carbocycles. The Bertz CT molecular complexity index is 590. The molecule has 1 heterocycles. The first-order chi connectivity index (χ1) is 9.49. The number of nitrogens with zero attached hydrogens (tertiary/aromatic N) is 3. The standard InChI is InChI=1S/C11H12N4O4S/c1-13-6-5-12-10(13)11(15(18)19)20-9-4-2-3-8(7-9)14(16)17/h2-4,7,12H,5-6H2,1H3. The Kier molecular flexibility index (Phi) is 4.08. The first kappa shape index (κ1) is 14.1. The van der Waals surface area contributed by atoms with E-state index in [-0.39, 0.29) is 10.7 Å². The van der Waals surface area contributed by atoms with Gasteiger partial charge in [0.15, 0.2) is 5.82 Å². The summed E-state index contributed by atoms with van der Waals surface area (Å²) >= 11 is 0.901. The van der Waals surface area contributed by atoms with Gasteiger partial charge in [-0.15, -0.1) is 0 Å². The molecule has 1 saturated heterocycles. The minimum Gasteiger partial charge on any atom is -0.364 e.